The van der Waals surface area contributed by atoms with Crippen LogP contribution in [0.15, 0.2) is 47.8 Å². The minimum atomic E-state index is -0.199. The number of anilines is 2. The number of aryl methyl sites for hydroxylation is 2. The van der Waals surface area contributed by atoms with Gasteiger partial charge in [0.05, 0.1) is 5.69 Å². The number of nitrogens with two attached hydrogens (primary N) is 1. The van der Waals surface area contributed by atoms with E-state index in [-0.39, 0.29) is 12.5 Å². The van der Waals surface area contributed by atoms with Gasteiger partial charge in [0.25, 0.3) is 5.91 Å². The number of benzene rings is 2. The molecule has 5 nitrogen and oxygen atoms in total. The van der Waals surface area contributed by atoms with Crippen LogP contribution in [0.5, 0.6) is 5.75 Å². The van der Waals surface area contributed by atoms with Crippen molar-refractivity contribution in [1.29, 1.82) is 0 Å². The summed E-state index contributed by atoms with van der Waals surface area (Å²) in [6, 6.07) is 13.3. The smallest absolute Gasteiger partial charge is 0.262 e. The van der Waals surface area contributed by atoms with Crippen molar-refractivity contribution in [3.05, 3.63) is 59.0 Å². The van der Waals surface area contributed by atoms with Crippen LogP contribution in [-0.4, -0.2) is 17.5 Å². The van der Waals surface area contributed by atoms with Gasteiger partial charge in [0.1, 0.15) is 5.75 Å². The Morgan fingerprint density at radius 3 is 2.80 bits per heavy atom. The molecule has 0 unspecified atom stereocenters. The van der Waals surface area contributed by atoms with Crippen molar-refractivity contribution in [2.45, 2.75) is 13.8 Å². The number of thiazole rings is 1. The zero-order valence-electron chi connectivity index (χ0n) is 14.1. The first-order valence-corrected chi connectivity index (χ1v) is 8.70. The molecular weight excluding hydrogens is 334 g/mol. The summed E-state index contributed by atoms with van der Waals surface area (Å²) in [6.45, 7) is 3.92. The standard InChI is InChI=1S/C19H19N3O2S/c1-12-6-7-16(13(2)8-12)21-18(23)10-24-15-5-3-4-14(9-15)17-11-25-19(20)22-17/h3-9,11H,10H2,1-2H3,(H2,20,22)(H,21,23). The highest BCUT2D eigenvalue weighted by atomic mass is 32.1. The van der Waals surface area contributed by atoms with Gasteiger partial charge in [-0.25, -0.2) is 4.98 Å². The maximum Gasteiger partial charge on any atom is 0.262 e. The lowest BCUT2D eigenvalue weighted by Crippen LogP contribution is -2.20. The Labute approximate surface area is 150 Å². The van der Waals surface area contributed by atoms with E-state index in [0.717, 1.165) is 28.1 Å². The zero-order chi connectivity index (χ0) is 17.8. The Bertz CT molecular complexity index is 905. The molecule has 6 heteroatoms. The third-order valence-corrected chi connectivity index (χ3v) is 4.35. The van der Waals surface area contributed by atoms with E-state index in [4.69, 9.17) is 10.5 Å². The summed E-state index contributed by atoms with van der Waals surface area (Å²) < 4.78 is 5.60. The van der Waals surface area contributed by atoms with E-state index in [2.05, 4.69) is 10.3 Å². The Morgan fingerprint density at radius 2 is 2.08 bits per heavy atom. The summed E-state index contributed by atoms with van der Waals surface area (Å²) >= 11 is 1.39. The molecule has 3 rings (SSSR count). The van der Waals surface area contributed by atoms with Gasteiger partial charge < -0.3 is 15.8 Å². The number of carbonyl (C=O) groups excluding carboxylic acids is 1. The molecule has 128 valence electrons. The van der Waals surface area contributed by atoms with Crippen LogP contribution in [0.25, 0.3) is 11.3 Å². The van der Waals surface area contributed by atoms with E-state index in [1.54, 1.807) is 0 Å². The van der Waals surface area contributed by atoms with Gasteiger partial charge >= 0.3 is 0 Å². The number of rotatable bonds is 5. The number of nitrogens with zero attached hydrogens (tertiary/aromatic N) is 1. The largest absolute Gasteiger partial charge is 0.484 e. The quantitative estimate of drug-likeness (QED) is 0.726. The third-order valence-electron chi connectivity index (χ3n) is 3.68. The Hall–Kier alpha value is -2.86. The number of ether oxygens (including phenoxy) is 1. The third kappa shape index (κ3) is 4.36. The van der Waals surface area contributed by atoms with Crippen LogP contribution in [0.1, 0.15) is 11.1 Å². The number of nitrogen functional groups attached to an aromatic ring is 1. The number of hydrogen-bond donors (Lipinski definition) is 2. The highest BCUT2D eigenvalue weighted by Crippen LogP contribution is 2.26. The second-order valence-corrected chi connectivity index (χ2v) is 6.64. The molecule has 0 saturated carbocycles. The molecule has 1 amide bonds. The molecule has 0 radical (unpaired) electrons. The molecule has 0 bridgehead atoms. The zero-order valence-corrected chi connectivity index (χ0v) is 14.9. The average molecular weight is 353 g/mol. The van der Waals surface area contributed by atoms with E-state index in [1.807, 2.05) is 61.7 Å². The lowest BCUT2D eigenvalue weighted by Gasteiger charge is -2.10. The van der Waals surface area contributed by atoms with E-state index in [0.29, 0.717) is 10.9 Å². The van der Waals surface area contributed by atoms with Crippen LogP contribution in [0.3, 0.4) is 0 Å². The van der Waals surface area contributed by atoms with Crippen molar-refractivity contribution in [2.24, 2.45) is 0 Å². The van der Waals surface area contributed by atoms with Gasteiger partial charge in [-0.2, -0.15) is 0 Å². The van der Waals surface area contributed by atoms with Crippen molar-refractivity contribution in [3.63, 3.8) is 0 Å². The minimum absolute atomic E-state index is 0.0595. The number of carbonyl (C=O) groups is 1. The van der Waals surface area contributed by atoms with Crippen LogP contribution in [0.4, 0.5) is 10.8 Å². The molecular formula is C19H19N3O2S. The van der Waals surface area contributed by atoms with Crippen LogP contribution in [-0.2, 0) is 4.79 Å². The predicted octanol–water partition coefficient (Wildman–Crippen LogP) is 4.03. The van der Waals surface area contributed by atoms with Gasteiger partial charge in [0, 0.05) is 16.6 Å². The molecule has 25 heavy (non-hydrogen) atoms. The summed E-state index contributed by atoms with van der Waals surface area (Å²) in [7, 11) is 0. The Balaban J connectivity index is 1.62. The van der Waals surface area contributed by atoms with Crippen molar-refractivity contribution >= 4 is 28.1 Å². The van der Waals surface area contributed by atoms with Gasteiger partial charge in [-0.15, -0.1) is 11.3 Å². The molecule has 3 aromatic rings. The summed E-state index contributed by atoms with van der Waals surface area (Å²) in [4.78, 5) is 16.4. The first kappa shape index (κ1) is 17.0. The molecule has 0 aliphatic carbocycles. The van der Waals surface area contributed by atoms with Gasteiger partial charge in [-0.3, -0.25) is 4.79 Å². The van der Waals surface area contributed by atoms with Gasteiger partial charge in [-0.1, -0.05) is 29.8 Å². The van der Waals surface area contributed by atoms with Crippen molar-refractivity contribution < 1.29 is 9.53 Å². The molecule has 0 atom stereocenters. The van der Waals surface area contributed by atoms with Crippen molar-refractivity contribution in [1.82, 2.24) is 4.98 Å². The van der Waals surface area contributed by atoms with Gasteiger partial charge in [0.15, 0.2) is 11.7 Å². The maximum atomic E-state index is 12.1. The summed E-state index contributed by atoms with van der Waals surface area (Å²) in [5.41, 5.74) is 10.4. The second-order valence-electron chi connectivity index (χ2n) is 5.75. The number of hydrogen-bond acceptors (Lipinski definition) is 5. The van der Waals surface area contributed by atoms with E-state index in [9.17, 15) is 4.79 Å². The van der Waals surface area contributed by atoms with Crippen LogP contribution in [0, 0.1) is 13.8 Å². The lowest BCUT2D eigenvalue weighted by molar-refractivity contribution is -0.118. The molecule has 3 N–H and O–H groups in total. The van der Waals surface area contributed by atoms with Gasteiger partial charge in [0.2, 0.25) is 0 Å². The molecule has 1 aromatic heterocycles. The van der Waals surface area contributed by atoms with E-state index in [1.165, 1.54) is 11.3 Å². The van der Waals surface area contributed by atoms with Crippen molar-refractivity contribution in [2.75, 3.05) is 17.7 Å². The average Bonchev–Trinajstić information content (AvgIpc) is 3.02. The minimum Gasteiger partial charge on any atom is -0.484 e. The fourth-order valence-electron chi connectivity index (χ4n) is 2.45. The second kappa shape index (κ2) is 7.36. The highest BCUT2D eigenvalue weighted by Gasteiger charge is 2.08. The number of aromatic nitrogens is 1. The summed E-state index contributed by atoms with van der Waals surface area (Å²) in [5.74, 6) is 0.412. The normalized spacial score (nSPS) is 10.5. The SMILES string of the molecule is Cc1ccc(NC(=O)COc2cccc(-c3csc(N)n3)c2)c(C)c1. The Morgan fingerprint density at radius 1 is 1.24 bits per heavy atom. The maximum absolute atomic E-state index is 12.1. The fourth-order valence-corrected chi connectivity index (χ4v) is 3.03. The first-order valence-electron chi connectivity index (χ1n) is 7.82. The molecule has 2 aromatic carbocycles. The molecule has 0 aliphatic heterocycles. The fraction of sp³-hybridized carbons (Fsp3) is 0.158. The van der Waals surface area contributed by atoms with Gasteiger partial charge in [-0.05, 0) is 37.6 Å². The molecule has 1 heterocycles. The summed E-state index contributed by atoms with van der Waals surface area (Å²) in [6.07, 6.45) is 0. The van der Waals surface area contributed by atoms with Crippen LogP contribution < -0.4 is 15.8 Å². The first-order chi connectivity index (χ1) is 12.0. The number of amides is 1. The molecule has 0 saturated heterocycles. The summed E-state index contributed by atoms with van der Waals surface area (Å²) in [5, 5.41) is 5.28. The van der Waals surface area contributed by atoms with E-state index < -0.39 is 0 Å². The molecule has 0 aliphatic rings. The monoisotopic (exact) mass is 353 g/mol. The highest BCUT2D eigenvalue weighted by molar-refractivity contribution is 7.13. The van der Waals surface area contributed by atoms with Crippen LogP contribution in [0.2, 0.25) is 0 Å². The predicted molar refractivity (Wildman–Crippen MR) is 102 cm³/mol. The Kier molecular flexibility index (Phi) is 5.00. The van der Waals surface area contributed by atoms with Crippen molar-refractivity contribution in [3.8, 4) is 17.0 Å². The molecule has 0 spiro atoms. The number of nitrogens with one attached hydrogen (secondary N) is 1. The lowest BCUT2D eigenvalue weighted by atomic mass is 10.1. The van der Waals surface area contributed by atoms with Crippen LogP contribution >= 0.6 is 11.3 Å². The molecule has 0 fully saturated rings. The topological polar surface area (TPSA) is 77.2 Å². The van der Waals surface area contributed by atoms with E-state index >= 15 is 0 Å².